The summed E-state index contributed by atoms with van der Waals surface area (Å²) in [5.74, 6) is -5.73. The molecule has 3 aromatic rings. The highest BCUT2D eigenvalue weighted by Gasteiger charge is 2.16. The summed E-state index contributed by atoms with van der Waals surface area (Å²) in [7, 11) is 0. The van der Waals surface area contributed by atoms with Gasteiger partial charge in [0.2, 0.25) is 5.91 Å². The number of carbonyl (C=O) groups is 2. The summed E-state index contributed by atoms with van der Waals surface area (Å²) in [5.41, 5.74) is -1.17. The average molecular weight is 446 g/mol. The summed E-state index contributed by atoms with van der Waals surface area (Å²) in [6.45, 7) is -0.399. The number of nitrogens with one attached hydrogen (secondary N) is 2. The number of ether oxygens (including phenoxy) is 1. The van der Waals surface area contributed by atoms with Gasteiger partial charge < -0.3 is 15.4 Å². The van der Waals surface area contributed by atoms with E-state index in [-0.39, 0.29) is 18.8 Å². The van der Waals surface area contributed by atoms with Crippen molar-refractivity contribution in [2.24, 2.45) is 0 Å². The molecule has 166 valence electrons. The van der Waals surface area contributed by atoms with E-state index < -0.39 is 47.1 Å². The maximum absolute atomic E-state index is 13.6. The zero-order chi connectivity index (χ0) is 23.1. The predicted octanol–water partition coefficient (Wildman–Crippen LogP) is 2.11. The van der Waals surface area contributed by atoms with Gasteiger partial charge in [0.15, 0.2) is 17.5 Å². The van der Waals surface area contributed by atoms with Gasteiger partial charge in [0.25, 0.3) is 11.5 Å². The van der Waals surface area contributed by atoms with Crippen molar-refractivity contribution in [1.82, 2.24) is 15.1 Å². The topological polar surface area (TPSA) is 102 Å². The second kappa shape index (κ2) is 10.2. The number of benzene rings is 2. The first kappa shape index (κ1) is 22.5. The molecule has 2 N–H and O–H groups in total. The molecule has 0 aliphatic heterocycles. The third kappa shape index (κ3) is 5.72. The van der Waals surface area contributed by atoms with Crippen molar-refractivity contribution >= 4 is 17.5 Å². The molecule has 0 radical (unpaired) electrons. The maximum Gasteiger partial charge on any atom is 0.272 e. The summed E-state index contributed by atoms with van der Waals surface area (Å²) in [6, 6.07) is 12.7. The van der Waals surface area contributed by atoms with Crippen molar-refractivity contribution in [3.63, 3.8) is 0 Å². The number of hydrogen-bond acceptors (Lipinski definition) is 5. The fourth-order valence-electron chi connectivity index (χ4n) is 2.56. The Balaban J connectivity index is 1.55. The van der Waals surface area contributed by atoms with Crippen molar-refractivity contribution < 1.29 is 27.5 Å². The Bertz CT molecular complexity index is 1190. The van der Waals surface area contributed by atoms with Gasteiger partial charge in [0, 0.05) is 6.07 Å². The van der Waals surface area contributed by atoms with Gasteiger partial charge in [-0.25, -0.2) is 17.9 Å². The molecule has 0 unspecified atom stereocenters. The molecule has 11 heteroatoms. The molecule has 0 saturated heterocycles. The minimum atomic E-state index is -1.73. The number of carbonyl (C=O) groups excluding carboxylic acids is 2. The smallest absolute Gasteiger partial charge is 0.272 e. The number of aromatic nitrogens is 2. The Morgan fingerprint density at radius 2 is 1.72 bits per heavy atom. The van der Waals surface area contributed by atoms with Gasteiger partial charge in [-0.05, 0) is 30.3 Å². The number of nitrogens with zero attached hydrogens (tertiary/aromatic N) is 2. The molecule has 8 nitrogen and oxygen atoms in total. The largest absolute Gasteiger partial charge is 0.492 e. The number of anilines is 1. The van der Waals surface area contributed by atoms with E-state index in [1.165, 1.54) is 6.07 Å². The van der Waals surface area contributed by atoms with E-state index in [4.69, 9.17) is 4.74 Å². The Labute approximate surface area is 179 Å². The van der Waals surface area contributed by atoms with Crippen molar-refractivity contribution in [3.05, 3.63) is 88.1 Å². The number of hydrogen-bond donors (Lipinski definition) is 2. The van der Waals surface area contributed by atoms with Crippen LogP contribution in [0.3, 0.4) is 0 Å². The average Bonchev–Trinajstić information content (AvgIpc) is 2.80. The molecule has 0 atom stereocenters. The van der Waals surface area contributed by atoms with Crippen molar-refractivity contribution in [2.45, 2.75) is 6.54 Å². The Kier molecular flexibility index (Phi) is 7.21. The quantitative estimate of drug-likeness (QED) is 0.516. The van der Waals surface area contributed by atoms with Gasteiger partial charge >= 0.3 is 0 Å². The molecule has 1 heterocycles. The summed E-state index contributed by atoms with van der Waals surface area (Å²) >= 11 is 0. The van der Waals surface area contributed by atoms with Crippen molar-refractivity contribution in [3.8, 4) is 5.75 Å². The van der Waals surface area contributed by atoms with E-state index >= 15 is 0 Å². The molecule has 0 bridgehead atoms. The van der Waals surface area contributed by atoms with E-state index in [1.807, 2.05) is 11.4 Å². The van der Waals surface area contributed by atoms with Crippen LogP contribution in [0.25, 0.3) is 0 Å². The minimum absolute atomic E-state index is 0.0741. The normalized spacial score (nSPS) is 10.5. The highest BCUT2D eigenvalue weighted by molar-refractivity contribution is 5.98. The van der Waals surface area contributed by atoms with Crippen molar-refractivity contribution in [2.75, 3.05) is 18.5 Å². The third-order valence-corrected chi connectivity index (χ3v) is 4.13. The van der Waals surface area contributed by atoms with Crippen molar-refractivity contribution in [1.29, 1.82) is 0 Å². The molecule has 2 aromatic carbocycles. The summed E-state index contributed by atoms with van der Waals surface area (Å²) in [5, 5.41) is 8.19. The van der Waals surface area contributed by atoms with Gasteiger partial charge in [0.1, 0.15) is 18.1 Å². The van der Waals surface area contributed by atoms with E-state index in [1.54, 1.807) is 24.3 Å². The molecule has 2 amide bonds. The molecule has 0 fully saturated rings. The number of para-hydroxylation sites is 1. The van der Waals surface area contributed by atoms with Crippen LogP contribution in [0.1, 0.15) is 10.5 Å². The van der Waals surface area contributed by atoms with E-state index in [2.05, 4.69) is 10.4 Å². The van der Waals surface area contributed by atoms with Crippen LogP contribution in [0.5, 0.6) is 5.75 Å². The van der Waals surface area contributed by atoms with Crippen LogP contribution in [-0.4, -0.2) is 34.7 Å². The summed E-state index contributed by atoms with van der Waals surface area (Å²) in [6.07, 6.45) is 0. The molecule has 32 heavy (non-hydrogen) atoms. The first-order valence-electron chi connectivity index (χ1n) is 9.32. The molecular formula is C21H17F3N4O4. The minimum Gasteiger partial charge on any atom is -0.492 e. The van der Waals surface area contributed by atoms with Gasteiger partial charge in [-0.1, -0.05) is 18.2 Å². The maximum atomic E-state index is 13.6. The SMILES string of the molecule is O=C(CNC(=O)c1ccc(=O)n(CCOc2ccccc2)n1)Nc1ccc(F)c(F)c1F. The molecule has 0 saturated carbocycles. The van der Waals surface area contributed by atoms with Crippen LogP contribution in [0, 0.1) is 17.5 Å². The fourth-order valence-corrected chi connectivity index (χ4v) is 2.56. The van der Waals surface area contributed by atoms with Gasteiger partial charge in [0.05, 0.1) is 18.8 Å². The van der Waals surface area contributed by atoms with Gasteiger partial charge in [-0.15, -0.1) is 0 Å². The monoisotopic (exact) mass is 446 g/mol. The number of halogens is 3. The zero-order valence-electron chi connectivity index (χ0n) is 16.5. The number of amides is 2. The lowest BCUT2D eigenvalue weighted by molar-refractivity contribution is -0.115. The van der Waals surface area contributed by atoms with E-state index in [9.17, 15) is 27.6 Å². The molecular weight excluding hydrogens is 429 g/mol. The zero-order valence-corrected chi connectivity index (χ0v) is 16.5. The van der Waals surface area contributed by atoms with E-state index in [0.717, 1.165) is 16.8 Å². The molecule has 0 spiro atoms. The van der Waals surface area contributed by atoms with Crippen LogP contribution < -0.4 is 20.9 Å². The first-order valence-corrected chi connectivity index (χ1v) is 9.32. The summed E-state index contributed by atoms with van der Waals surface area (Å²) < 4.78 is 46.3. The predicted molar refractivity (Wildman–Crippen MR) is 108 cm³/mol. The molecule has 3 rings (SSSR count). The standard InChI is InChI=1S/C21H17F3N4O4/c22-14-6-7-15(20(24)19(14)23)26-17(29)12-25-21(31)16-8-9-18(30)28(27-16)10-11-32-13-4-2-1-3-5-13/h1-9H,10-12H2,(H,25,31)(H,26,29). The lowest BCUT2D eigenvalue weighted by Gasteiger charge is -2.10. The van der Waals surface area contributed by atoms with Gasteiger partial charge in [-0.3, -0.25) is 14.4 Å². The second-order valence-electron chi connectivity index (χ2n) is 6.40. The molecule has 0 aliphatic carbocycles. The Hall–Kier alpha value is -4.15. The Morgan fingerprint density at radius 1 is 0.969 bits per heavy atom. The molecule has 1 aromatic heterocycles. The van der Waals surface area contributed by atoms with E-state index in [0.29, 0.717) is 11.8 Å². The molecule has 0 aliphatic rings. The van der Waals surface area contributed by atoms with Gasteiger partial charge in [-0.2, -0.15) is 5.10 Å². The van der Waals surface area contributed by atoms with Crippen LogP contribution in [0.4, 0.5) is 18.9 Å². The Morgan fingerprint density at radius 3 is 2.47 bits per heavy atom. The summed E-state index contributed by atoms with van der Waals surface area (Å²) in [4.78, 5) is 36.1. The lowest BCUT2D eigenvalue weighted by Crippen LogP contribution is -2.35. The highest BCUT2D eigenvalue weighted by atomic mass is 19.2. The third-order valence-electron chi connectivity index (χ3n) is 4.13. The van der Waals surface area contributed by atoms with Crippen LogP contribution in [-0.2, 0) is 11.3 Å². The first-order chi connectivity index (χ1) is 15.3. The lowest BCUT2D eigenvalue weighted by atomic mass is 10.2. The van der Waals surface area contributed by atoms with Crippen LogP contribution >= 0.6 is 0 Å². The highest BCUT2D eigenvalue weighted by Crippen LogP contribution is 2.19. The number of rotatable bonds is 8. The second-order valence-corrected chi connectivity index (χ2v) is 6.40. The fraction of sp³-hybridized carbons (Fsp3) is 0.143. The van der Waals surface area contributed by atoms with Crippen LogP contribution in [0.15, 0.2) is 59.4 Å². The van der Waals surface area contributed by atoms with Crippen LogP contribution in [0.2, 0.25) is 0 Å².